The van der Waals surface area contributed by atoms with Crippen LogP contribution in [-0.4, -0.2) is 48.2 Å². The molecule has 24 heavy (non-hydrogen) atoms. The Morgan fingerprint density at radius 3 is 2.67 bits per heavy atom. The average Bonchev–Trinajstić information content (AvgIpc) is 2.97. The molecular formula is C15H19FN4O3S. The lowest BCUT2D eigenvalue weighted by Gasteiger charge is -2.35. The van der Waals surface area contributed by atoms with Crippen LogP contribution in [0.15, 0.2) is 35.4 Å². The predicted molar refractivity (Wildman–Crippen MR) is 85.6 cm³/mol. The van der Waals surface area contributed by atoms with Crippen molar-refractivity contribution in [1.29, 1.82) is 0 Å². The minimum atomic E-state index is -4.69. The number of morpholine rings is 1. The van der Waals surface area contributed by atoms with Gasteiger partial charge in [-0.05, 0) is 26.0 Å². The Morgan fingerprint density at radius 1 is 1.38 bits per heavy atom. The summed E-state index contributed by atoms with van der Waals surface area (Å²) in [6.45, 7) is 6.08. The summed E-state index contributed by atoms with van der Waals surface area (Å²) in [4.78, 5) is -0.372. The number of halogens is 1. The van der Waals surface area contributed by atoms with Gasteiger partial charge in [0.25, 0.3) is 0 Å². The molecule has 1 unspecified atom stereocenters. The van der Waals surface area contributed by atoms with Crippen molar-refractivity contribution >= 4 is 10.2 Å². The van der Waals surface area contributed by atoms with Gasteiger partial charge in [-0.2, -0.15) is 8.42 Å². The maximum absolute atomic E-state index is 12.9. The number of rotatable bonds is 4. The molecule has 1 aliphatic heterocycles. The van der Waals surface area contributed by atoms with Gasteiger partial charge in [-0.1, -0.05) is 17.3 Å². The van der Waals surface area contributed by atoms with Crippen LogP contribution in [-0.2, 0) is 21.5 Å². The zero-order chi connectivity index (χ0) is 17.4. The monoisotopic (exact) mass is 354 g/mol. The lowest BCUT2D eigenvalue weighted by Crippen LogP contribution is -2.54. The predicted octanol–water partition coefficient (Wildman–Crippen LogP) is 1.37. The Hall–Kier alpha value is -1.84. The van der Waals surface area contributed by atoms with Crippen molar-refractivity contribution in [2.75, 3.05) is 13.2 Å². The van der Waals surface area contributed by atoms with E-state index in [4.69, 9.17) is 4.74 Å². The van der Waals surface area contributed by atoms with Gasteiger partial charge in [0.05, 0.1) is 30.3 Å². The van der Waals surface area contributed by atoms with Crippen molar-refractivity contribution in [3.05, 3.63) is 30.5 Å². The van der Waals surface area contributed by atoms with E-state index in [0.717, 1.165) is 6.54 Å². The van der Waals surface area contributed by atoms with Crippen LogP contribution in [0.1, 0.15) is 13.8 Å². The number of ether oxygens (including phenoxy) is 1. The Morgan fingerprint density at radius 2 is 2.08 bits per heavy atom. The molecule has 1 fully saturated rings. The molecule has 0 aliphatic carbocycles. The van der Waals surface area contributed by atoms with E-state index in [-0.39, 0.29) is 16.5 Å². The third-order valence-corrected chi connectivity index (χ3v) is 4.68. The van der Waals surface area contributed by atoms with E-state index < -0.39 is 10.2 Å². The van der Waals surface area contributed by atoms with Crippen LogP contribution in [0.5, 0.6) is 0 Å². The highest BCUT2D eigenvalue weighted by Gasteiger charge is 2.27. The molecule has 0 saturated carbocycles. The van der Waals surface area contributed by atoms with Crippen molar-refractivity contribution in [2.24, 2.45) is 0 Å². The highest BCUT2D eigenvalue weighted by atomic mass is 32.3. The molecule has 2 aromatic rings. The smallest absolute Gasteiger partial charge is 0.332 e. The maximum atomic E-state index is 12.9. The van der Waals surface area contributed by atoms with Crippen LogP contribution in [0.2, 0.25) is 0 Å². The second-order valence-corrected chi connectivity index (χ2v) is 7.83. The van der Waals surface area contributed by atoms with E-state index in [0.29, 0.717) is 24.4 Å². The van der Waals surface area contributed by atoms with E-state index in [1.165, 1.54) is 24.3 Å². The fraction of sp³-hybridized carbons (Fsp3) is 0.467. The van der Waals surface area contributed by atoms with Gasteiger partial charge in [0, 0.05) is 17.6 Å². The lowest BCUT2D eigenvalue weighted by molar-refractivity contribution is -0.0307. The standard InChI is InChI=1S/C15H19FN4O3S/c1-15(2)10-23-12(7-17-15)8-20-9-14(18-19-20)11-3-5-13(6-4-11)24(16,21)22/h3-6,9,12,17H,7-8,10H2,1-2H3. The Bertz CT molecular complexity index is 807. The van der Waals surface area contributed by atoms with Crippen molar-refractivity contribution in [3.63, 3.8) is 0 Å². The molecule has 9 heteroatoms. The number of hydrogen-bond acceptors (Lipinski definition) is 6. The summed E-state index contributed by atoms with van der Waals surface area (Å²) >= 11 is 0. The number of aromatic nitrogens is 3. The molecule has 0 radical (unpaired) electrons. The van der Waals surface area contributed by atoms with Crippen LogP contribution in [0.4, 0.5) is 3.89 Å². The van der Waals surface area contributed by atoms with E-state index >= 15 is 0 Å². The number of nitrogens with one attached hydrogen (secondary N) is 1. The first-order valence-corrected chi connectivity index (χ1v) is 8.93. The minimum Gasteiger partial charge on any atom is -0.373 e. The Balaban J connectivity index is 1.67. The fourth-order valence-corrected chi connectivity index (χ4v) is 2.92. The number of nitrogens with zero attached hydrogens (tertiary/aromatic N) is 3. The molecule has 1 N–H and O–H groups in total. The summed E-state index contributed by atoms with van der Waals surface area (Å²) in [7, 11) is -4.69. The van der Waals surface area contributed by atoms with Gasteiger partial charge >= 0.3 is 10.2 Å². The summed E-state index contributed by atoms with van der Waals surface area (Å²) in [5, 5.41) is 11.5. The molecule has 0 bridgehead atoms. The van der Waals surface area contributed by atoms with Gasteiger partial charge in [-0.25, -0.2) is 4.68 Å². The second kappa shape index (κ2) is 6.23. The quantitative estimate of drug-likeness (QED) is 0.835. The minimum absolute atomic E-state index is 0.00614. The third kappa shape index (κ3) is 3.97. The molecule has 1 atom stereocenters. The van der Waals surface area contributed by atoms with Gasteiger partial charge in [0.1, 0.15) is 5.69 Å². The zero-order valence-corrected chi connectivity index (χ0v) is 14.3. The van der Waals surface area contributed by atoms with E-state index in [1.54, 1.807) is 10.9 Å². The Labute approximate surface area is 140 Å². The molecule has 7 nitrogen and oxygen atoms in total. The zero-order valence-electron chi connectivity index (χ0n) is 13.4. The van der Waals surface area contributed by atoms with Crippen LogP contribution in [0.3, 0.4) is 0 Å². The molecule has 2 heterocycles. The van der Waals surface area contributed by atoms with Crippen LogP contribution >= 0.6 is 0 Å². The highest BCUT2D eigenvalue weighted by molar-refractivity contribution is 7.86. The van der Waals surface area contributed by atoms with E-state index in [1.807, 2.05) is 0 Å². The second-order valence-electron chi connectivity index (χ2n) is 6.49. The van der Waals surface area contributed by atoms with Crippen molar-refractivity contribution in [2.45, 2.75) is 36.9 Å². The summed E-state index contributed by atoms with van der Waals surface area (Å²) in [5.41, 5.74) is 1.22. The molecular weight excluding hydrogens is 335 g/mol. The van der Waals surface area contributed by atoms with E-state index in [2.05, 4.69) is 29.5 Å². The number of hydrogen-bond donors (Lipinski definition) is 1. The molecule has 1 saturated heterocycles. The first kappa shape index (κ1) is 17.0. The summed E-state index contributed by atoms with van der Waals surface area (Å²) in [6.07, 6.45) is 1.76. The first-order chi connectivity index (χ1) is 11.2. The van der Waals surface area contributed by atoms with Crippen molar-refractivity contribution in [1.82, 2.24) is 20.3 Å². The maximum Gasteiger partial charge on any atom is 0.332 e. The van der Waals surface area contributed by atoms with E-state index in [9.17, 15) is 12.3 Å². The van der Waals surface area contributed by atoms with Gasteiger partial charge in [0.2, 0.25) is 0 Å². The van der Waals surface area contributed by atoms with Gasteiger partial charge < -0.3 is 10.1 Å². The fourth-order valence-electron chi connectivity index (χ4n) is 2.46. The van der Waals surface area contributed by atoms with Crippen molar-refractivity contribution < 1.29 is 17.0 Å². The highest BCUT2D eigenvalue weighted by Crippen LogP contribution is 2.20. The molecule has 130 valence electrons. The first-order valence-electron chi connectivity index (χ1n) is 7.55. The third-order valence-electron chi connectivity index (χ3n) is 3.85. The summed E-state index contributed by atoms with van der Waals surface area (Å²) in [6, 6.07) is 5.42. The van der Waals surface area contributed by atoms with Crippen molar-refractivity contribution in [3.8, 4) is 11.3 Å². The molecule has 0 spiro atoms. The molecule has 0 amide bonds. The largest absolute Gasteiger partial charge is 0.373 e. The molecule has 1 aromatic heterocycles. The Kier molecular flexibility index (Phi) is 4.41. The topological polar surface area (TPSA) is 86.1 Å². The van der Waals surface area contributed by atoms with Crippen LogP contribution < -0.4 is 5.32 Å². The molecule has 3 rings (SSSR count). The number of benzene rings is 1. The lowest BCUT2D eigenvalue weighted by atomic mass is 10.0. The normalized spacial score (nSPS) is 20.9. The van der Waals surface area contributed by atoms with Crippen LogP contribution in [0.25, 0.3) is 11.3 Å². The summed E-state index contributed by atoms with van der Waals surface area (Å²) in [5.74, 6) is 0. The SMILES string of the molecule is CC1(C)COC(Cn2cc(-c3ccc(S(=O)(=O)F)cc3)nn2)CN1. The summed E-state index contributed by atoms with van der Waals surface area (Å²) < 4.78 is 42.0. The molecule has 1 aliphatic rings. The molecule has 1 aromatic carbocycles. The van der Waals surface area contributed by atoms with Gasteiger partial charge in [-0.3, -0.25) is 0 Å². The average molecular weight is 354 g/mol. The van der Waals surface area contributed by atoms with Crippen LogP contribution in [0, 0.1) is 0 Å². The van der Waals surface area contributed by atoms with Gasteiger partial charge in [0.15, 0.2) is 0 Å². The van der Waals surface area contributed by atoms with Gasteiger partial charge in [-0.15, -0.1) is 8.98 Å².